The first kappa shape index (κ1) is 14.5. The summed E-state index contributed by atoms with van der Waals surface area (Å²) in [5.74, 6) is -0.238. The van der Waals surface area contributed by atoms with Crippen molar-refractivity contribution in [3.8, 4) is 5.75 Å². The number of amides is 1. The minimum absolute atomic E-state index is 0.0107. The smallest absolute Gasteiger partial charge is 0.297 e. The van der Waals surface area contributed by atoms with Gasteiger partial charge in [-0.25, -0.2) is 4.98 Å². The molecule has 0 atom stereocenters. The van der Waals surface area contributed by atoms with E-state index in [1.807, 2.05) is 13.8 Å². The van der Waals surface area contributed by atoms with Crippen LogP contribution in [0.3, 0.4) is 0 Å². The zero-order valence-electron chi connectivity index (χ0n) is 10.8. The molecule has 6 nitrogen and oxygen atoms in total. The van der Waals surface area contributed by atoms with Crippen LogP contribution in [0.4, 0.5) is 0 Å². The van der Waals surface area contributed by atoms with E-state index in [2.05, 4.69) is 4.98 Å². The van der Waals surface area contributed by atoms with E-state index < -0.39 is 5.56 Å². The molecule has 0 saturated heterocycles. The van der Waals surface area contributed by atoms with Crippen molar-refractivity contribution in [2.24, 2.45) is 0 Å². The van der Waals surface area contributed by atoms with Crippen molar-refractivity contribution < 1.29 is 9.53 Å². The van der Waals surface area contributed by atoms with E-state index >= 15 is 0 Å². The Hall–Kier alpha value is -1.56. The molecule has 100 valence electrons. The average molecular weight is 274 g/mol. The highest BCUT2D eigenvalue weighted by molar-refractivity contribution is 6.30. The standard InChI is InChI=1S/C11H16ClN3O3/c1-7(2)14(3)8(16)5-15-6-13-10(12)9(18-4)11(15)17/h6-7H,5H2,1-4H3. The molecule has 0 spiro atoms. The summed E-state index contributed by atoms with van der Waals surface area (Å²) in [6.07, 6.45) is 1.24. The number of halogens is 1. The summed E-state index contributed by atoms with van der Waals surface area (Å²) in [5.41, 5.74) is -0.469. The number of ether oxygens (including phenoxy) is 1. The minimum atomic E-state index is -0.469. The van der Waals surface area contributed by atoms with Gasteiger partial charge < -0.3 is 9.64 Å². The van der Waals surface area contributed by atoms with Gasteiger partial charge >= 0.3 is 0 Å². The highest BCUT2D eigenvalue weighted by atomic mass is 35.5. The molecule has 0 aromatic carbocycles. The normalized spacial score (nSPS) is 10.6. The van der Waals surface area contributed by atoms with E-state index in [1.54, 1.807) is 11.9 Å². The number of likely N-dealkylation sites (N-methyl/N-ethyl adjacent to an activating group) is 1. The van der Waals surface area contributed by atoms with Crippen molar-refractivity contribution in [1.82, 2.24) is 14.5 Å². The van der Waals surface area contributed by atoms with Crippen LogP contribution in [0, 0.1) is 0 Å². The van der Waals surface area contributed by atoms with E-state index in [1.165, 1.54) is 18.0 Å². The molecule has 0 N–H and O–H groups in total. The fraction of sp³-hybridized carbons (Fsp3) is 0.545. The van der Waals surface area contributed by atoms with Gasteiger partial charge in [-0.05, 0) is 13.8 Å². The summed E-state index contributed by atoms with van der Waals surface area (Å²) in [7, 11) is 3.01. The molecular formula is C11H16ClN3O3. The molecule has 0 radical (unpaired) electrons. The van der Waals surface area contributed by atoms with Crippen molar-refractivity contribution >= 4 is 17.5 Å². The second-order valence-corrected chi connectivity index (χ2v) is 4.46. The molecule has 0 fully saturated rings. The van der Waals surface area contributed by atoms with Crippen LogP contribution in [0.1, 0.15) is 13.8 Å². The van der Waals surface area contributed by atoms with Gasteiger partial charge in [0.15, 0.2) is 5.15 Å². The van der Waals surface area contributed by atoms with Gasteiger partial charge in [0.25, 0.3) is 5.56 Å². The molecule has 1 rings (SSSR count). The van der Waals surface area contributed by atoms with Crippen LogP contribution in [0.15, 0.2) is 11.1 Å². The first-order valence-electron chi connectivity index (χ1n) is 5.43. The van der Waals surface area contributed by atoms with E-state index in [4.69, 9.17) is 16.3 Å². The Kier molecular flexibility index (Phi) is 4.72. The van der Waals surface area contributed by atoms with Crippen LogP contribution in [0.25, 0.3) is 0 Å². The molecule has 0 aliphatic heterocycles. The van der Waals surface area contributed by atoms with E-state index in [-0.39, 0.29) is 29.4 Å². The maximum Gasteiger partial charge on any atom is 0.297 e. The molecule has 0 saturated carbocycles. The average Bonchev–Trinajstić information content (AvgIpc) is 2.32. The Morgan fingerprint density at radius 3 is 2.72 bits per heavy atom. The van der Waals surface area contributed by atoms with Crippen molar-refractivity contribution in [3.05, 3.63) is 21.8 Å². The van der Waals surface area contributed by atoms with Crippen LogP contribution in [-0.2, 0) is 11.3 Å². The van der Waals surface area contributed by atoms with Gasteiger partial charge in [0.2, 0.25) is 11.7 Å². The van der Waals surface area contributed by atoms with Crippen molar-refractivity contribution in [3.63, 3.8) is 0 Å². The lowest BCUT2D eigenvalue weighted by atomic mass is 10.3. The molecule has 18 heavy (non-hydrogen) atoms. The molecule has 0 bridgehead atoms. The zero-order valence-corrected chi connectivity index (χ0v) is 11.6. The number of aromatic nitrogens is 2. The summed E-state index contributed by atoms with van der Waals surface area (Å²) < 4.78 is 6.03. The molecule has 0 aliphatic rings. The number of rotatable bonds is 4. The Bertz CT molecular complexity index is 499. The van der Waals surface area contributed by atoms with E-state index in [9.17, 15) is 9.59 Å². The largest absolute Gasteiger partial charge is 0.489 e. The first-order chi connectivity index (χ1) is 8.38. The maximum absolute atomic E-state index is 11.9. The molecule has 0 aliphatic carbocycles. The molecule has 1 heterocycles. The van der Waals surface area contributed by atoms with Crippen LogP contribution in [0.5, 0.6) is 5.75 Å². The summed E-state index contributed by atoms with van der Waals surface area (Å²) in [5, 5.41) is -0.0107. The Morgan fingerprint density at radius 1 is 1.61 bits per heavy atom. The third kappa shape index (κ3) is 3.01. The number of carbonyl (C=O) groups excluding carboxylic acids is 1. The second kappa shape index (κ2) is 5.86. The van der Waals surface area contributed by atoms with Crippen molar-refractivity contribution in [2.75, 3.05) is 14.2 Å². The van der Waals surface area contributed by atoms with E-state index in [0.717, 1.165) is 0 Å². The number of methoxy groups -OCH3 is 1. The summed E-state index contributed by atoms with van der Waals surface area (Å²) in [6, 6.07) is 0.0651. The van der Waals surface area contributed by atoms with Crippen LogP contribution >= 0.6 is 11.6 Å². The number of carbonyl (C=O) groups is 1. The summed E-state index contributed by atoms with van der Waals surface area (Å²) in [6.45, 7) is 3.69. The maximum atomic E-state index is 11.9. The van der Waals surface area contributed by atoms with Crippen molar-refractivity contribution in [1.29, 1.82) is 0 Å². The van der Waals surface area contributed by atoms with Crippen molar-refractivity contribution in [2.45, 2.75) is 26.4 Å². The molecule has 7 heteroatoms. The molecule has 1 aromatic heterocycles. The van der Waals surface area contributed by atoms with Gasteiger partial charge in [0, 0.05) is 13.1 Å². The highest BCUT2D eigenvalue weighted by Crippen LogP contribution is 2.14. The van der Waals surface area contributed by atoms with Crippen LogP contribution in [0.2, 0.25) is 5.15 Å². The molecule has 1 aromatic rings. The fourth-order valence-corrected chi connectivity index (χ4v) is 1.48. The topological polar surface area (TPSA) is 64.4 Å². The molecule has 0 unspecified atom stereocenters. The van der Waals surface area contributed by atoms with Gasteiger partial charge in [-0.15, -0.1) is 0 Å². The quantitative estimate of drug-likeness (QED) is 0.760. The lowest BCUT2D eigenvalue weighted by Gasteiger charge is -2.21. The Balaban J connectivity index is 3.00. The predicted molar refractivity (Wildman–Crippen MR) is 68.0 cm³/mol. The monoisotopic (exact) mass is 273 g/mol. The lowest BCUT2D eigenvalue weighted by Crippen LogP contribution is -2.38. The first-order valence-corrected chi connectivity index (χ1v) is 5.80. The Labute approximate surface area is 110 Å². The third-order valence-electron chi connectivity index (χ3n) is 2.63. The highest BCUT2D eigenvalue weighted by Gasteiger charge is 2.16. The second-order valence-electron chi connectivity index (χ2n) is 4.10. The SMILES string of the molecule is COc1c(Cl)ncn(CC(=O)N(C)C(C)C)c1=O. The number of nitrogens with zero attached hydrogens (tertiary/aromatic N) is 3. The summed E-state index contributed by atoms with van der Waals surface area (Å²) >= 11 is 5.71. The van der Waals surface area contributed by atoms with Gasteiger partial charge in [-0.1, -0.05) is 11.6 Å². The molecule has 1 amide bonds. The van der Waals surface area contributed by atoms with Gasteiger partial charge in [-0.3, -0.25) is 14.2 Å². The van der Waals surface area contributed by atoms with Gasteiger partial charge in [0.05, 0.1) is 13.4 Å². The summed E-state index contributed by atoms with van der Waals surface area (Å²) in [4.78, 5) is 29.1. The third-order valence-corrected chi connectivity index (χ3v) is 2.90. The predicted octanol–water partition coefficient (Wildman–Crippen LogP) is 0.772. The lowest BCUT2D eigenvalue weighted by molar-refractivity contribution is -0.132. The van der Waals surface area contributed by atoms with E-state index in [0.29, 0.717) is 0 Å². The van der Waals surface area contributed by atoms with Gasteiger partial charge in [0.1, 0.15) is 6.54 Å². The minimum Gasteiger partial charge on any atom is -0.489 e. The zero-order chi connectivity index (χ0) is 13.9. The Morgan fingerprint density at radius 2 is 2.22 bits per heavy atom. The van der Waals surface area contributed by atoms with Crippen LogP contribution in [-0.4, -0.2) is 40.6 Å². The molecular weight excluding hydrogens is 258 g/mol. The fourth-order valence-electron chi connectivity index (χ4n) is 1.28. The van der Waals surface area contributed by atoms with Crippen LogP contribution < -0.4 is 10.3 Å². The number of hydrogen-bond donors (Lipinski definition) is 0. The number of hydrogen-bond acceptors (Lipinski definition) is 4. The van der Waals surface area contributed by atoms with Gasteiger partial charge in [-0.2, -0.15) is 0 Å².